The Morgan fingerprint density at radius 2 is 1.84 bits per heavy atom. The third-order valence-electron chi connectivity index (χ3n) is 6.35. The highest BCUT2D eigenvalue weighted by atomic mass is 16.7. The van der Waals surface area contributed by atoms with Crippen molar-refractivity contribution in [1.82, 2.24) is 5.32 Å². The van der Waals surface area contributed by atoms with E-state index in [0.29, 0.717) is 25.2 Å². The van der Waals surface area contributed by atoms with Crippen LogP contribution in [0.15, 0.2) is 24.3 Å². The summed E-state index contributed by atoms with van der Waals surface area (Å²) in [5.74, 6) is -0.276. The number of carbonyl (C=O) groups is 1. The van der Waals surface area contributed by atoms with E-state index in [1.807, 2.05) is 19.1 Å². The van der Waals surface area contributed by atoms with Crippen molar-refractivity contribution in [2.24, 2.45) is 0 Å². The first-order chi connectivity index (χ1) is 15.5. The first-order valence-electron chi connectivity index (χ1n) is 11.7. The highest BCUT2D eigenvalue weighted by Gasteiger charge is 2.37. The van der Waals surface area contributed by atoms with Crippen molar-refractivity contribution >= 4 is 5.97 Å². The number of nitrogens with zero attached hydrogens (tertiary/aromatic N) is 1. The summed E-state index contributed by atoms with van der Waals surface area (Å²) in [5.41, 5.74) is 0.773. The normalized spacial score (nSPS) is 25.5. The maximum atomic E-state index is 12.6. The van der Waals surface area contributed by atoms with Crippen LogP contribution in [0.3, 0.4) is 0 Å². The molecule has 0 amide bonds. The summed E-state index contributed by atoms with van der Waals surface area (Å²) in [6.45, 7) is 3.83. The summed E-state index contributed by atoms with van der Waals surface area (Å²) in [4.78, 5) is 12.6. The van der Waals surface area contributed by atoms with E-state index < -0.39 is 5.54 Å². The Morgan fingerprint density at radius 1 is 1.12 bits per heavy atom. The van der Waals surface area contributed by atoms with Gasteiger partial charge in [0.1, 0.15) is 5.54 Å². The van der Waals surface area contributed by atoms with Crippen LogP contribution >= 0.6 is 0 Å². The summed E-state index contributed by atoms with van der Waals surface area (Å²) < 4.78 is 22.4. The lowest BCUT2D eigenvalue weighted by molar-refractivity contribution is -0.172. The van der Waals surface area contributed by atoms with Crippen molar-refractivity contribution in [2.75, 3.05) is 26.9 Å². The monoisotopic (exact) mass is 444 g/mol. The van der Waals surface area contributed by atoms with E-state index in [1.165, 1.54) is 7.11 Å². The predicted molar refractivity (Wildman–Crippen MR) is 120 cm³/mol. The van der Waals surface area contributed by atoms with Crippen molar-refractivity contribution in [1.29, 1.82) is 5.26 Å². The standard InChI is InChI=1S/C25H36N2O5/c1-25(24(28)29-2,17-19-6-8-20(18-26)9-7-19)27-21-10-12-22(13-11-21)30-15-16-32-23-5-3-4-14-31-23/h6-9,21-23,27H,3-5,10-17H2,1-2H3. The van der Waals surface area contributed by atoms with Crippen LogP contribution in [0.1, 0.15) is 63.0 Å². The van der Waals surface area contributed by atoms with E-state index in [9.17, 15) is 4.79 Å². The molecule has 2 unspecified atom stereocenters. The van der Waals surface area contributed by atoms with Crippen LogP contribution in [-0.2, 0) is 30.2 Å². The molecular weight excluding hydrogens is 408 g/mol. The summed E-state index contributed by atoms with van der Waals surface area (Å²) in [6.07, 6.45) is 7.70. The van der Waals surface area contributed by atoms with E-state index in [2.05, 4.69) is 11.4 Å². The molecule has 1 saturated carbocycles. The lowest BCUT2D eigenvalue weighted by Crippen LogP contribution is -2.56. The number of benzene rings is 1. The maximum absolute atomic E-state index is 12.6. The van der Waals surface area contributed by atoms with Gasteiger partial charge in [0.2, 0.25) is 0 Å². The Hall–Kier alpha value is -1.98. The van der Waals surface area contributed by atoms with Gasteiger partial charge >= 0.3 is 5.97 Å². The Kier molecular flexibility index (Phi) is 9.49. The Morgan fingerprint density at radius 3 is 2.47 bits per heavy atom. The number of nitrogens with one attached hydrogen (secondary N) is 1. The molecule has 1 saturated heterocycles. The molecule has 0 spiro atoms. The molecule has 7 heteroatoms. The second-order valence-electron chi connectivity index (χ2n) is 8.96. The van der Waals surface area contributed by atoms with E-state index >= 15 is 0 Å². The second kappa shape index (κ2) is 12.3. The molecule has 32 heavy (non-hydrogen) atoms. The van der Waals surface area contributed by atoms with Crippen LogP contribution in [0, 0.1) is 11.3 Å². The number of esters is 1. The molecule has 1 heterocycles. The van der Waals surface area contributed by atoms with Gasteiger partial charge in [-0.15, -0.1) is 0 Å². The van der Waals surface area contributed by atoms with Crippen LogP contribution in [0.5, 0.6) is 0 Å². The van der Waals surface area contributed by atoms with Gasteiger partial charge in [0, 0.05) is 19.1 Å². The van der Waals surface area contributed by atoms with Crippen molar-refractivity contribution in [3.8, 4) is 6.07 Å². The summed E-state index contributed by atoms with van der Waals surface area (Å²) in [6, 6.07) is 9.69. The number of carbonyl (C=O) groups excluding carboxylic acids is 1. The number of ether oxygens (including phenoxy) is 4. The smallest absolute Gasteiger partial charge is 0.326 e. The molecule has 1 aromatic rings. The Balaban J connectivity index is 1.43. The van der Waals surface area contributed by atoms with Crippen LogP contribution in [0.2, 0.25) is 0 Å². The summed E-state index contributed by atoms with van der Waals surface area (Å²) in [7, 11) is 1.42. The van der Waals surface area contributed by atoms with Gasteiger partial charge in [0.25, 0.3) is 0 Å². The van der Waals surface area contributed by atoms with Gasteiger partial charge in [0.15, 0.2) is 6.29 Å². The molecule has 1 N–H and O–H groups in total. The zero-order chi connectivity index (χ0) is 22.8. The fourth-order valence-corrected chi connectivity index (χ4v) is 4.57. The van der Waals surface area contributed by atoms with Crippen LogP contribution in [0.25, 0.3) is 0 Å². The quantitative estimate of drug-likeness (QED) is 0.436. The molecule has 0 bridgehead atoms. The highest BCUT2D eigenvalue weighted by Crippen LogP contribution is 2.25. The van der Waals surface area contributed by atoms with Gasteiger partial charge in [-0.05, 0) is 69.6 Å². The highest BCUT2D eigenvalue weighted by molar-refractivity contribution is 5.80. The molecule has 176 valence electrons. The molecule has 2 fully saturated rings. The first-order valence-corrected chi connectivity index (χ1v) is 11.7. The first kappa shape index (κ1) is 24.7. The van der Waals surface area contributed by atoms with Gasteiger partial charge in [0.05, 0.1) is 38.1 Å². The maximum Gasteiger partial charge on any atom is 0.326 e. The van der Waals surface area contributed by atoms with Crippen molar-refractivity contribution in [3.63, 3.8) is 0 Å². The van der Waals surface area contributed by atoms with Crippen LogP contribution in [-0.4, -0.2) is 56.9 Å². The average molecular weight is 445 g/mol. The van der Waals surface area contributed by atoms with Gasteiger partial charge in [-0.3, -0.25) is 10.1 Å². The molecule has 0 aromatic heterocycles. The molecule has 0 radical (unpaired) electrons. The summed E-state index contributed by atoms with van der Waals surface area (Å²) in [5, 5.41) is 12.5. The molecule has 1 aliphatic heterocycles. The van der Waals surface area contributed by atoms with Gasteiger partial charge < -0.3 is 18.9 Å². The molecule has 7 nitrogen and oxygen atoms in total. The zero-order valence-corrected chi connectivity index (χ0v) is 19.3. The van der Waals surface area contributed by atoms with Gasteiger partial charge in [-0.2, -0.15) is 5.26 Å². The SMILES string of the molecule is COC(=O)C(C)(Cc1ccc(C#N)cc1)NC1CCC(OCCOC2CCCCO2)CC1. The van der Waals surface area contributed by atoms with E-state index in [4.69, 9.17) is 24.2 Å². The minimum atomic E-state index is -0.824. The fraction of sp³-hybridized carbons (Fsp3) is 0.680. The van der Waals surface area contributed by atoms with E-state index in [1.54, 1.807) is 12.1 Å². The minimum absolute atomic E-state index is 0.0700. The zero-order valence-electron chi connectivity index (χ0n) is 19.3. The van der Waals surface area contributed by atoms with Crippen LogP contribution < -0.4 is 5.32 Å². The topological polar surface area (TPSA) is 89.8 Å². The second-order valence-corrected chi connectivity index (χ2v) is 8.96. The minimum Gasteiger partial charge on any atom is -0.468 e. The number of hydrogen-bond donors (Lipinski definition) is 1. The largest absolute Gasteiger partial charge is 0.468 e. The Bertz CT molecular complexity index is 749. The van der Waals surface area contributed by atoms with Crippen molar-refractivity contribution < 1.29 is 23.7 Å². The number of nitriles is 1. The van der Waals surface area contributed by atoms with Crippen molar-refractivity contribution in [3.05, 3.63) is 35.4 Å². The average Bonchev–Trinajstić information content (AvgIpc) is 2.83. The molecule has 1 aromatic carbocycles. The molecule has 1 aliphatic carbocycles. The fourth-order valence-electron chi connectivity index (χ4n) is 4.57. The molecular formula is C25H36N2O5. The predicted octanol–water partition coefficient (Wildman–Crippen LogP) is 3.49. The summed E-state index contributed by atoms with van der Waals surface area (Å²) >= 11 is 0. The van der Waals surface area contributed by atoms with Gasteiger partial charge in [-0.1, -0.05) is 12.1 Å². The van der Waals surface area contributed by atoms with Gasteiger partial charge in [-0.25, -0.2) is 0 Å². The number of hydrogen-bond acceptors (Lipinski definition) is 7. The van der Waals surface area contributed by atoms with Crippen LogP contribution in [0.4, 0.5) is 0 Å². The molecule has 2 atom stereocenters. The lowest BCUT2D eigenvalue weighted by Gasteiger charge is -2.36. The number of rotatable bonds is 10. The Labute approximate surface area is 191 Å². The van der Waals surface area contributed by atoms with Crippen molar-refractivity contribution in [2.45, 2.75) is 82.3 Å². The third kappa shape index (κ3) is 7.28. The third-order valence-corrected chi connectivity index (χ3v) is 6.35. The lowest BCUT2D eigenvalue weighted by atomic mass is 9.87. The van der Waals surface area contributed by atoms with E-state index in [0.717, 1.165) is 57.1 Å². The van der Waals surface area contributed by atoms with E-state index in [-0.39, 0.29) is 24.4 Å². The molecule has 2 aliphatic rings. The molecule has 3 rings (SSSR count). The number of methoxy groups -OCH3 is 1.